The molecule has 0 aromatic carbocycles. The fourth-order valence-corrected chi connectivity index (χ4v) is 2.04. The first-order chi connectivity index (χ1) is 8.18. The summed E-state index contributed by atoms with van der Waals surface area (Å²) in [4.78, 5) is 24.8. The van der Waals surface area contributed by atoms with Crippen LogP contribution in [-0.4, -0.2) is 40.2 Å². The number of carboxylic acids is 1. The Balaban J connectivity index is 2.97. The normalized spacial score (nSPS) is 21.7. The van der Waals surface area contributed by atoms with Gasteiger partial charge in [-0.3, -0.25) is 4.79 Å². The summed E-state index contributed by atoms with van der Waals surface area (Å²) in [6, 6.07) is -0.839. The predicted molar refractivity (Wildman–Crippen MR) is 73.7 cm³/mol. The zero-order chi connectivity index (χ0) is 14.1. The highest BCUT2D eigenvalue weighted by Gasteiger charge is 2.38. The van der Waals surface area contributed by atoms with Crippen molar-refractivity contribution >= 4 is 24.5 Å². The summed E-state index contributed by atoms with van der Waals surface area (Å²) in [6.07, 6.45) is 1.70. The van der Waals surface area contributed by atoms with E-state index in [1.807, 2.05) is 20.8 Å². The summed E-state index contributed by atoms with van der Waals surface area (Å²) in [5, 5.41) is 9.21. The number of aliphatic carboxylic acids is 1. The van der Waals surface area contributed by atoms with Crippen LogP contribution in [0.1, 0.15) is 27.7 Å². The Hall–Kier alpha value is -0.970. The van der Waals surface area contributed by atoms with Gasteiger partial charge in [0.25, 0.3) is 0 Å². The Labute approximate surface area is 113 Å². The molecule has 1 N–H and O–H groups in total. The van der Waals surface area contributed by atoms with Crippen molar-refractivity contribution in [2.24, 2.45) is 11.3 Å². The second kappa shape index (κ2) is 5.34. The van der Waals surface area contributed by atoms with Crippen LogP contribution in [-0.2, 0) is 9.59 Å². The van der Waals surface area contributed by atoms with Crippen LogP contribution in [0.2, 0.25) is 0 Å². The molecule has 1 aliphatic rings. The third-order valence-corrected chi connectivity index (χ3v) is 3.78. The maximum atomic E-state index is 12.1. The first kappa shape index (κ1) is 15.1. The number of rotatable bonds is 3. The average molecular weight is 271 g/mol. The van der Waals surface area contributed by atoms with Crippen LogP contribution in [0.3, 0.4) is 0 Å². The van der Waals surface area contributed by atoms with E-state index in [0.29, 0.717) is 12.3 Å². The quantitative estimate of drug-likeness (QED) is 0.608. The largest absolute Gasteiger partial charge is 0.479 e. The van der Waals surface area contributed by atoms with Crippen molar-refractivity contribution in [1.82, 2.24) is 4.90 Å². The molecule has 102 valence electrons. The molecule has 0 saturated heterocycles. The van der Waals surface area contributed by atoms with Gasteiger partial charge in [-0.15, -0.1) is 0 Å². The van der Waals surface area contributed by atoms with Crippen molar-refractivity contribution in [1.29, 1.82) is 0 Å². The van der Waals surface area contributed by atoms with Crippen molar-refractivity contribution in [2.75, 3.05) is 12.3 Å². The molecule has 0 aromatic heterocycles. The average Bonchev–Trinajstić information content (AvgIpc) is 2.71. The zero-order valence-electron chi connectivity index (χ0n) is 11.3. The molecule has 4 nitrogen and oxygen atoms in total. The second-order valence-electron chi connectivity index (χ2n) is 5.77. The molecular weight excluding hydrogens is 250 g/mol. The van der Waals surface area contributed by atoms with Crippen molar-refractivity contribution in [3.63, 3.8) is 0 Å². The number of carbonyl (C=O) groups excluding carboxylic acids is 1. The maximum absolute atomic E-state index is 12.1. The molecule has 0 bridgehead atoms. The number of nitrogens with zero attached hydrogens (tertiary/aromatic N) is 1. The maximum Gasteiger partial charge on any atom is 0.330 e. The molecule has 1 rings (SSSR count). The predicted octanol–water partition coefficient (Wildman–Crippen LogP) is 1.82. The van der Waals surface area contributed by atoms with E-state index >= 15 is 0 Å². The number of hydrogen-bond acceptors (Lipinski definition) is 3. The van der Waals surface area contributed by atoms with Gasteiger partial charge in [0.2, 0.25) is 5.91 Å². The third-order valence-electron chi connectivity index (χ3n) is 3.23. The number of hydrogen-bond donors (Lipinski definition) is 2. The summed E-state index contributed by atoms with van der Waals surface area (Å²) in [5.74, 6) is -0.961. The van der Waals surface area contributed by atoms with Gasteiger partial charge in [0.1, 0.15) is 6.04 Å². The minimum absolute atomic E-state index is 0.118. The molecule has 18 heavy (non-hydrogen) atoms. The highest BCUT2D eigenvalue weighted by Crippen LogP contribution is 2.32. The fraction of sp³-hybridized carbons (Fsp3) is 0.692. The molecule has 2 unspecified atom stereocenters. The Bertz CT molecular complexity index is 384. The van der Waals surface area contributed by atoms with E-state index in [9.17, 15) is 14.7 Å². The molecule has 5 heteroatoms. The van der Waals surface area contributed by atoms with Crippen molar-refractivity contribution in [3.05, 3.63) is 11.6 Å². The van der Waals surface area contributed by atoms with Crippen molar-refractivity contribution < 1.29 is 14.7 Å². The van der Waals surface area contributed by atoms with Gasteiger partial charge in [-0.1, -0.05) is 27.7 Å². The van der Waals surface area contributed by atoms with Crippen molar-refractivity contribution in [3.8, 4) is 0 Å². The van der Waals surface area contributed by atoms with Crippen LogP contribution in [0.15, 0.2) is 11.6 Å². The number of carbonyl (C=O) groups is 2. The van der Waals surface area contributed by atoms with Gasteiger partial charge in [-0.2, -0.15) is 12.6 Å². The fourth-order valence-electron chi connectivity index (χ4n) is 1.88. The summed E-state index contributed by atoms with van der Waals surface area (Å²) >= 11 is 4.10. The SMILES string of the molecule is CC(CS)C(=O)N1CC(C(C)(C)C)=CC1C(=O)O. The molecule has 1 aliphatic heterocycles. The lowest BCUT2D eigenvalue weighted by Crippen LogP contribution is -2.44. The van der Waals surface area contributed by atoms with Gasteiger partial charge in [0.05, 0.1) is 0 Å². The highest BCUT2D eigenvalue weighted by atomic mass is 32.1. The van der Waals surface area contributed by atoms with E-state index in [1.165, 1.54) is 4.90 Å². The molecule has 0 aromatic rings. The highest BCUT2D eigenvalue weighted by molar-refractivity contribution is 7.80. The number of carboxylic acid groups (broad SMARTS) is 1. The summed E-state index contributed by atoms with van der Waals surface area (Å²) in [5.41, 5.74) is 0.877. The minimum atomic E-state index is -0.978. The molecule has 1 amide bonds. The first-order valence-corrected chi connectivity index (χ1v) is 6.67. The van der Waals surface area contributed by atoms with E-state index in [0.717, 1.165) is 5.57 Å². The summed E-state index contributed by atoms with van der Waals surface area (Å²) < 4.78 is 0. The zero-order valence-corrected chi connectivity index (χ0v) is 12.2. The van der Waals surface area contributed by atoms with Crippen LogP contribution >= 0.6 is 12.6 Å². The Morgan fingerprint density at radius 2 is 2.11 bits per heavy atom. The Morgan fingerprint density at radius 3 is 2.50 bits per heavy atom. The standard InChI is InChI=1S/C13H21NO3S/c1-8(7-18)11(15)14-6-9(13(2,3)4)5-10(14)12(16)17/h5,8,10,18H,6-7H2,1-4H3,(H,16,17). The third kappa shape index (κ3) is 3.07. The van der Waals surface area contributed by atoms with Gasteiger partial charge >= 0.3 is 5.97 Å². The lowest BCUT2D eigenvalue weighted by Gasteiger charge is -2.26. The van der Waals surface area contributed by atoms with Gasteiger partial charge < -0.3 is 10.0 Å². The van der Waals surface area contributed by atoms with Crippen LogP contribution in [0, 0.1) is 11.3 Å². The number of amides is 1. The number of thiol groups is 1. The molecule has 0 fully saturated rings. The smallest absolute Gasteiger partial charge is 0.330 e. The lowest BCUT2D eigenvalue weighted by molar-refractivity contribution is -0.148. The van der Waals surface area contributed by atoms with Gasteiger partial charge in [0.15, 0.2) is 0 Å². The van der Waals surface area contributed by atoms with Gasteiger partial charge in [0, 0.05) is 18.2 Å². The van der Waals surface area contributed by atoms with Gasteiger partial charge in [-0.05, 0) is 17.1 Å². The Kier molecular flexibility index (Phi) is 4.48. The first-order valence-electron chi connectivity index (χ1n) is 6.03. The topological polar surface area (TPSA) is 57.6 Å². The van der Waals surface area contributed by atoms with Crippen molar-refractivity contribution in [2.45, 2.75) is 33.7 Å². The molecular formula is C13H21NO3S. The molecule has 0 saturated carbocycles. The summed E-state index contributed by atoms with van der Waals surface area (Å²) in [7, 11) is 0. The van der Waals surface area contributed by atoms with Crippen LogP contribution in [0.4, 0.5) is 0 Å². The van der Waals surface area contributed by atoms with E-state index in [1.54, 1.807) is 13.0 Å². The lowest BCUT2D eigenvalue weighted by atomic mass is 9.87. The van der Waals surface area contributed by atoms with E-state index < -0.39 is 12.0 Å². The minimum Gasteiger partial charge on any atom is -0.479 e. The molecule has 1 heterocycles. The van der Waals surface area contributed by atoms with E-state index in [-0.39, 0.29) is 17.2 Å². The van der Waals surface area contributed by atoms with Crippen LogP contribution in [0.5, 0.6) is 0 Å². The van der Waals surface area contributed by atoms with Crippen LogP contribution < -0.4 is 0 Å². The van der Waals surface area contributed by atoms with E-state index in [4.69, 9.17) is 0 Å². The van der Waals surface area contributed by atoms with E-state index in [2.05, 4.69) is 12.6 Å². The monoisotopic (exact) mass is 271 g/mol. The van der Waals surface area contributed by atoms with Crippen LogP contribution in [0.25, 0.3) is 0 Å². The Morgan fingerprint density at radius 1 is 1.56 bits per heavy atom. The molecule has 0 aliphatic carbocycles. The molecule has 0 radical (unpaired) electrons. The summed E-state index contributed by atoms with van der Waals surface area (Å²) in [6.45, 7) is 8.23. The van der Waals surface area contributed by atoms with Gasteiger partial charge in [-0.25, -0.2) is 4.79 Å². The molecule has 2 atom stereocenters. The molecule has 0 spiro atoms. The second-order valence-corrected chi connectivity index (χ2v) is 6.14.